The number of benzene rings is 1. The molecule has 1 aromatic rings. The molecule has 0 unspecified atom stereocenters. The molecular weight excluding hydrogens is 300 g/mol. The normalized spacial score (nSPS) is 9.94. The van der Waals surface area contributed by atoms with Gasteiger partial charge in [0.1, 0.15) is 6.07 Å². The van der Waals surface area contributed by atoms with Crippen LogP contribution < -0.4 is 5.32 Å². The molecule has 0 amide bonds. The van der Waals surface area contributed by atoms with Crippen LogP contribution in [0.3, 0.4) is 0 Å². The summed E-state index contributed by atoms with van der Waals surface area (Å²) in [6.45, 7) is 1.08. The summed E-state index contributed by atoms with van der Waals surface area (Å²) in [7, 11) is 0. The van der Waals surface area contributed by atoms with Crippen LogP contribution in [0.15, 0.2) is 22.7 Å². The molecule has 0 heterocycles. The fraction of sp³-hybridized carbons (Fsp3) is 0.417. The molecule has 3 nitrogen and oxygen atoms in total. The van der Waals surface area contributed by atoms with Crippen molar-refractivity contribution in [2.45, 2.75) is 6.42 Å². The van der Waals surface area contributed by atoms with Gasteiger partial charge in [-0.1, -0.05) is 6.07 Å². The molecular formula is C12H15BrN2OS. The molecule has 92 valence electrons. The Labute approximate surface area is 114 Å². The summed E-state index contributed by atoms with van der Waals surface area (Å²) in [5.74, 6) is 1.94. The van der Waals surface area contributed by atoms with Crippen molar-refractivity contribution < 1.29 is 5.11 Å². The van der Waals surface area contributed by atoms with Crippen molar-refractivity contribution in [3.05, 3.63) is 28.2 Å². The van der Waals surface area contributed by atoms with E-state index in [4.69, 9.17) is 10.4 Å². The number of anilines is 1. The highest BCUT2D eigenvalue weighted by atomic mass is 79.9. The molecule has 1 aromatic carbocycles. The highest BCUT2D eigenvalue weighted by Gasteiger charge is 2.04. The van der Waals surface area contributed by atoms with Gasteiger partial charge in [0.25, 0.3) is 0 Å². The summed E-state index contributed by atoms with van der Waals surface area (Å²) < 4.78 is 0.818. The summed E-state index contributed by atoms with van der Waals surface area (Å²) in [4.78, 5) is 0. The van der Waals surface area contributed by atoms with Crippen molar-refractivity contribution in [2.75, 3.05) is 30.0 Å². The molecule has 0 aromatic heterocycles. The van der Waals surface area contributed by atoms with Gasteiger partial charge < -0.3 is 10.4 Å². The molecule has 0 saturated heterocycles. The van der Waals surface area contributed by atoms with E-state index >= 15 is 0 Å². The van der Waals surface area contributed by atoms with Gasteiger partial charge in [-0.25, -0.2) is 0 Å². The Bertz CT molecular complexity index is 393. The molecule has 5 heteroatoms. The second-order valence-electron chi connectivity index (χ2n) is 3.39. The lowest BCUT2D eigenvalue weighted by atomic mass is 10.2. The van der Waals surface area contributed by atoms with E-state index in [9.17, 15) is 0 Å². The molecule has 0 aliphatic carbocycles. The topological polar surface area (TPSA) is 56.0 Å². The third-order valence-corrected chi connectivity index (χ3v) is 3.87. The number of aliphatic hydroxyl groups excluding tert-OH is 1. The van der Waals surface area contributed by atoms with Crippen LogP contribution in [0, 0.1) is 11.3 Å². The molecule has 1 rings (SSSR count). The van der Waals surface area contributed by atoms with Gasteiger partial charge >= 0.3 is 0 Å². The SMILES string of the molecule is N#Cc1c(Br)cccc1NCCSCCCO. The molecule has 0 aliphatic heterocycles. The van der Waals surface area contributed by atoms with Gasteiger partial charge in [-0.05, 0) is 40.2 Å². The zero-order valence-electron chi connectivity index (χ0n) is 9.45. The number of nitrogens with zero attached hydrogens (tertiary/aromatic N) is 1. The van der Waals surface area contributed by atoms with Crippen LogP contribution in [0.5, 0.6) is 0 Å². The minimum atomic E-state index is 0.255. The van der Waals surface area contributed by atoms with Gasteiger partial charge in [-0.2, -0.15) is 17.0 Å². The van der Waals surface area contributed by atoms with E-state index in [-0.39, 0.29) is 6.61 Å². The van der Waals surface area contributed by atoms with E-state index in [0.717, 1.165) is 34.6 Å². The third kappa shape index (κ3) is 4.99. The lowest BCUT2D eigenvalue weighted by Gasteiger charge is -2.08. The van der Waals surface area contributed by atoms with Crippen LogP contribution in [0.2, 0.25) is 0 Å². The zero-order chi connectivity index (χ0) is 12.5. The molecule has 0 atom stereocenters. The Morgan fingerprint density at radius 3 is 2.94 bits per heavy atom. The lowest BCUT2D eigenvalue weighted by Crippen LogP contribution is -2.06. The fourth-order valence-corrected chi connectivity index (χ4v) is 2.55. The van der Waals surface area contributed by atoms with Crippen molar-refractivity contribution in [1.82, 2.24) is 0 Å². The molecule has 0 bridgehead atoms. The summed E-state index contributed by atoms with van der Waals surface area (Å²) >= 11 is 5.15. The average molecular weight is 315 g/mol. The number of rotatable bonds is 7. The van der Waals surface area contributed by atoms with Crippen LogP contribution in [0.1, 0.15) is 12.0 Å². The summed E-state index contributed by atoms with van der Waals surface area (Å²) in [5.41, 5.74) is 1.51. The Balaban J connectivity index is 2.37. The maximum Gasteiger partial charge on any atom is 0.103 e. The van der Waals surface area contributed by atoms with Crippen LogP contribution >= 0.6 is 27.7 Å². The first-order valence-electron chi connectivity index (χ1n) is 5.40. The van der Waals surface area contributed by atoms with Crippen molar-refractivity contribution in [2.24, 2.45) is 0 Å². The molecule has 0 radical (unpaired) electrons. The van der Waals surface area contributed by atoms with E-state index in [1.807, 2.05) is 18.2 Å². The van der Waals surface area contributed by atoms with Gasteiger partial charge in [-0.15, -0.1) is 0 Å². The number of nitriles is 1. The second-order valence-corrected chi connectivity index (χ2v) is 5.47. The van der Waals surface area contributed by atoms with Gasteiger partial charge in [0, 0.05) is 23.4 Å². The standard InChI is InChI=1S/C12H15BrN2OS/c13-11-3-1-4-12(10(11)9-14)15-5-8-17-7-2-6-16/h1,3-4,15-16H,2,5-8H2. The molecule has 0 saturated carbocycles. The fourth-order valence-electron chi connectivity index (χ4n) is 1.31. The first-order valence-corrected chi connectivity index (χ1v) is 7.35. The third-order valence-electron chi connectivity index (χ3n) is 2.13. The van der Waals surface area contributed by atoms with E-state index in [1.165, 1.54) is 0 Å². The zero-order valence-corrected chi connectivity index (χ0v) is 11.9. The number of nitrogens with one attached hydrogen (secondary N) is 1. The molecule has 0 fully saturated rings. The Morgan fingerprint density at radius 2 is 2.24 bits per heavy atom. The first kappa shape index (κ1) is 14.4. The maximum absolute atomic E-state index is 9.02. The van der Waals surface area contributed by atoms with Crippen LogP contribution in [-0.2, 0) is 0 Å². The summed E-state index contributed by atoms with van der Waals surface area (Å²) in [6.07, 6.45) is 0.838. The number of thioether (sulfide) groups is 1. The minimum absolute atomic E-state index is 0.255. The van der Waals surface area contributed by atoms with Crippen molar-refractivity contribution >= 4 is 33.4 Å². The monoisotopic (exact) mass is 314 g/mol. The smallest absolute Gasteiger partial charge is 0.103 e. The summed E-state index contributed by atoms with van der Waals surface area (Å²) in [6, 6.07) is 7.85. The Morgan fingerprint density at radius 1 is 1.41 bits per heavy atom. The number of hydrogen-bond donors (Lipinski definition) is 2. The molecule has 2 N–H and O–H groups in total. The van der Waals surface area contributed by atoms with E-state index in [0.29, 0.717) is 5.56 Å². The number of halogens is 1. The average Bonchev–Trinajstić information content (AvgIpc) is 2.34. The van der Waals surface area contributed by atoms with Gasteiger partial charge in [-0.3, -0.25) is 0 Å². The lowest BCUT2D eigenvalue weighted by molar-refractivity contribution is 0.296. The number of hydrogen-bond acceptors (Lipinski definition) is 4. The second kappa shape index (κ2) is 8.40. The van der Waals surface area contributed by atoms with Crippen molar-refractivity contribution in [3.63, 3.8) is 0 Å². The minimum Gasteiger partial charge on any atom is -0.396 e. The highest BCUT2D eigenvalue weighted by molar-refractivity contribution is 9.10. The van der Waals surface area contributed by atoms with E-state index in [1.54, 1.807) is 11.8 Å². The maximum atomic E-state index is 9.02. The Hall–Kier alpha value is -0.700. The van der Waals surface area contributed by atoms with Crippen LogP contribution in [-0.4, -0.2) is 29.8 Å². The van der Waals surface area contributed by atoms with Gasteiger partial charge in [0.2, 0.25) is 0 Å². The summed E-state index contributed by atoms with van der Waals surface area (Å²) in [5, 5.41) is 20.9. The van der Waals surface area contributed by atoms with Crippen molar-refractivity contribution in [1.29, 1.82) is 5.26 Å². The van der Waals surface area contributed by atoms with Crippen LogP contribution in [0.25, 0.3) is 0 Å². The largest absolute Gasteiger partial charge is 0.396 e. The predicted molar refractivity (Wildman–Crippen MR) is 76.4 cm³/mol. The van der Waals surface area contributed by atoms with Crippen molar-refractivity contribution in [3.8, 4) is 6.07 Å². The molecule has 0 spiro atoms. The van der Waals surface area contributed by atoms with E-state index in [2.05, 4.69) is 27.3 Å². The van der Waals surface area contributed by atoms with Gasteiger partial charge in [0.15, 0.2) is 0 Å². The highest BCUT2D eigenvalue weighted by Crippen LogP contribution is 2.23. The van der Waals surface area contributed by atoms with E-state index < -0.39 is 0 Å². The predicted octanol–water partition coefficient (Wildman–Crippen LogP) is 2.85. The quantitative estimate of drug-likeness (QED) is 0.760. The van der Waals surface area contributed by atoms with Crippen LogP contribution in [0.4, 0.5) is 5.69 Å². The van der Waals surface area contributed by atoms with Gasteiger partial charge in [0.05, 0.1) is 11.3 Å². The number of aliphatic hydroxyl groups is 1. The first-order chi connectivity index (χ1) is 8.29. The molecule has 0 aliphatic rings. The molecule has 17 heavy (non-hydrogen) atoms. The Kier molecular flexibility index (Phi) is 7.10.